The average Bonchev–Trinajstić information content (AvgIpc) is 3.10. The Morgan fingerprint density at radius 3 is 2.49 bits per heavy atom. The van der Waals surface area contributed by atoms with Gasteiger partial charge in [0.05, 0.1) is 38.2 Å². The van der Waals surface area contributed by atoms with E-state index in [1.54, 1.807) is 6.07 Å². The molecule has 5 rings (SSSR count). The van der Waals surface area contributed by atoms with E-state index < -0.39 is 34.6 Å². The first kappa shape index (κ1) is 27.8. The average molecular weight is 551 g/mol. The first-order valence-corrected chi connectivity index (χ1v) is 14.4. The number of hydrogen-bond donors (Lipinski definition) is 1. The van der Waals surface area contributed by atoms with Crippen LogP contribution in [0.5, 0.6) is 11.5 Å². The fourth-order valence-corrected chi connectivity index (χ4v) is 6.29. The van der Waals surface area contributed by atoms with Gasteiger partial charge in [0.25, 0.3) is 0 Å². The second kappa shape index (κ2) is 11.2. The molecule has 1 aromatic carbocycles. The van der Waals surface area contributed by atoms with Crippen LogP contribution in [-0.4, -0.2) is 76.1 Å². The number of carbonyl (C=O) groups excluding carboxylic acids is 1. The summed E-state index contributed by atoms with van der Waals surface area (Å²) in [4.78, 5) is 14.5. The highest BCUT2D eigenvalue weighted by atomic mass is 32.2. The van der Waals surface area contributed by atoms with Crippen LogP contribution in [-0.2, 0) is 19.5 Å². The number of hydrogen-bond acceptors (Lipinski definition) is 7. The molecule has 1 amide bonds. The van der Waals surface area contributed by atoms with Crippen LogP contribution in [0.4, 0.5) is 18.0 Å². The molecule has 3 heterocycles. The van der Waals surface area contributed by atoms with Crippen molar-refractivity contribution in [3.05, 3.63) is 23.8 Å². The van der Waals surface area contributed by atoms with Crippen LogP contribution in [0.2, 0.25) is 0 Å². The fourth-order valence-electron chi connectivity index (χ4n) is 5.48. The standard InChI is InChI=1S/C24H33F3N2O7S/c1-15-12-20(28-37(2,31)32)21-14-35-17-6-4-16(5-7-17)19-13-18(8-9-22(19)36-24(25,26)27)33-10-3-11-34-23(30)29(15)21/h8-9,13,15-17,20-21,28H,3-7,10-12,14H2,1-2H3/t15-,16?,17?,20+,21+/m1/s1. The molecule has 4 bridgehead atoms. The zero-order chi connectivity index (χ0) is 26.8. The smallest absolute Gasteiger partial charge is 0.493 e. The molecule has 9 nitrogen and oxygen atoms in total. The number of halogens is 3. The van der Waals surface area contributed by atoms with E-state index in [1.807, 2.05) is 6.92 Å². The summed E-state index contributed by atoms with van der Waals surface area (Å²) in [6.45, 7) is 2.21. The van der Waals surface area contributed by atoms with Crippen molar-refractivity contribution in [1.82, 2.24) is 9.62 Å². The second-order valence-electron chi connectivity index (χ2n) is 9.93. The molecular formula is C24H33F3N2O7S. The summed E-state index contributed by atoms with van der Waals surface area (Å²) in [5.74, 6) is 0.0202. The maximum absolute atomic E-state index is 13.0. The molecule has 208 valence electrons. The number of ether oxygens (including phenoxy) is 4. The van der Waals surface area contributed by atoms with Gasteiger partial charge in [0.15, 0.2) is 0 Å². The van der Waals surface area contributed by atoms with Crippen LogP contribution in [0.15, 0.2) is 18.2 Å². The molecule has 2 fully saturated rings. The molecule has 1 N–H and O–H groups in total. The fraction of sp³-hybridized carbons (Fsp3) is 0.708. The molecule has 37 heavy (non-hydrogen) atoms. The Labute approximate surface area is 214 Å². The third kappa shape index (κ3) is 7.41. The number of carbonyl (C=O) groups is 1. The van der Waals surface area contributed by atoms with Gasteiger partial charge in [0, 0.05) is 24.1 Å². The Morgan fingerprint density at radius 1 is 1.11 bits per heavy atom. The van der Waals surface area contributed by atoms with Crippen LogP contribution in [0, 0.1) is 0 Å². The predicted octanol–water partition coefficient (Wildman–Crippen LogP) is 3.93. The highest BCUT2D eigenvalue weighted by Gasteiger charge is 2.44. The van der Waals surface area contributed by atoms with Gasteiger partial charge >= 0.3 is 12.5 Å². The van der Waals surface area contributed by atoms with E-state index in [9.17, 15) is 26.4 Å². The molecule has 4 aliphatic rings. The van der Waals surface area contributed by atoms with E-state index >= 15 is 0 Å². The van der Waals surface area contributed by atoms with Crippen LogP contribution in [0.1, 0.15) is 56.9 Å². The molecule has 0 spiro atoms. The van der Waals surface area contributed by atoms with Crippen molar-refractivity contribution in [3.8, 4) is 11.5 Å². The summed E-state index contributed by atoms with van der Waals surface area (Å²) in [5, 5.41) is 0. The molecule has 3 atom stereocenters. The number of nitrogens with one attached hydrogen (secondary N) is 1. The van der Waals surface area contributed by atoms with E-state index in [2.05, 4.69) is 9.46 Å². The lowest BCUT2D eigenvalue weighted by atomic mass is 9.82. The molecule has 1 saturated heterocycles. The van der Waals surface area contributed by atoms with E-state index in [4.69, 9.17) is 14.2 Å². The number of sulfonamides is 1. The topological polar surface area (TPSA) is 103 Å². The van der Waals surface area contributed by atoms with Gasteiger partial charge in [-0.15, -0.1) is 13.2 Å². The van der Waals surface area contributed by atoms with Crippen molar-refractivity contribution in [2.24, 2.45) is 0 Å². The van der Waals surface area contributed by atoms with E-state index in [0.29, 0.717) is 49.8 Å². The van der Waals surface area contributed by atoms with Gasteiger partial charge in [-0.3, -0.25) is 4.90 Å². The van der Waals surface area contributed by atoms with Crippen molar-refractivity contribution in [1.29, 1.82) is 0 Å². The number of benzene rings is 1. The number of amides is 1. The minimum absolute atomic E-state index is 0.0627. The first-order valence-electron chi connectivity index (χ1n) is 12.5. The third-order valence-corrected chi connectivity index (χ3v) is 7.81. The molecule has 0 unspecified atom stereocenters. The van der Waals surface area contributed by atoms with Crippen molar-refractivity contribution in [2.75, 3.05) is 26.1 Å². The molecule has 3 aliphatic heterocycles. The summed E-state index contributed by atoms with van der Waals surface area (Å²) in [7, 11) is -3.52. The minimum atomic E-state index is -4.81. The van der Waals surface area contributed by atoms with Gasteiger partial charge in [-0.2, -0.15) is 0 Å². The normalized spacial score (nSPS) is 29.7. The SMILES string of the molecule is C[C@@H]1C[C@H](NS(C)(=O)=O)[C@@H]2COC3CCC(CC3)c3cc(ccc3OC(F)(F)F)OCCCOC(=O)N12. The zero-order valence-electron chi connectivity index (χ0n) is 20.8. The molecule has 13 heteroatoms. The van der Waals surface area contributed by atoms with Gasteiger partial charge in [-0.05, 0) is 63.1 Å². The maximum Gasteiger partial charge on any atom is 0.573 e. The van der Waals surface area contributed by atoms with Gasteiger partial charge < -0.3 is 18.9 Å². The number of fused-ring (bicyclic) bond motifs is 8. The summed E-state index contributed by atoms with van der Waals surface area (Å²) < 4.78 is 87.2. The lowest BCUT2D eigenvalue weighted by Crippen LogP contribution is -2.50. The maximum atomic E-state index is 13.0. The van der Waals surface area contributed by atoms with Crippen molar-refractivity contribution >= 4 is 16.1 Å². The lowest BCUT2D eigenvalue weighted by Gasteiger charge is -2.33. The Balaban J connectivity index is 1.55. The number of nitrogens with zero attached hydrogens (tertiary/aromatic N) is 1. The van der Waals surface area contributed by atoms with Crippen LogP contribution >= 0.6 is 0 Å². The highest BCUT2D eigenvalue weighted by Crippen LogP contribution is 2.42. The summed E-state index contributed by atoms with van der Waals surface area (Å²) in [6, 6.07) is 2.97. The first-order chi connectivity index (χ1) is 17.4. The second-order valence-corrected chi connectivity index (χ2v) is 11.7. The highest BCUT2D eigenvalue weighted by molar-refractivity contribution is 7.88. The third-order valence-electron chi connectivity index (χ3n) is 7.07. The van der Waals surface area contributed by atoms with Gasteiger partial charge in [0.2, 0.25) is 10.0 Å². The Bertz CT molecular complexity index is 1060. The molecule has 1 saturated carbocycles. The predicted molar refractivity (Wildman–Crippen MR) is 127 cm³/mol. The quantitative estimate of drug-likeness (QED) is 0.608. The van der Waals surface area contributed by atoms with Gasteiger partial charge in [0.1, 0.15) is 11.5 Å². The summed E-state index contributed by atoms with van der Waals surface area (Å²) in [6.07, 6.45) is -1.32. The summed E-state index contributed by atoms with van der Waals surface area (Å²) >= 11 is 0. The van der Waals surface area contributed by atoms with E-state index in [-0.39, 0.29) is 43.6 Å². The van der Waals surface area contributed by atoms with E-state index in [0.717, 1.165) is 6.26 Å². The van der Waals surface area contributed by atoms with E-state index in [1.165, 1.54) is 17.0 Å². The van der Waals surface area contributed by atoms with Crippen molar-refractivity contribution < 1.29 is 45.3 Å². The van der Waals surface area contributed by atoms with Gasteiger partial charge in [-0.25, -0.2) is 17.9 Å². The molecular weight excluding hydrogens is 517 g/mol. The molecule has 1 aliphatic carbocycles. The van der Waals surface area contributed by atoms with Crippen LogP contribution < -0.4 is 14.2 Å². The molecule has 1 aromatic rings. The van der Waals surface area contributed by atoms with Crippen molar-refractivity contribution in [2.45, 2.75) is 82.0 Å². The summed E-state index contributed by atoms with van der Waals surface area (Å²) in [5.41, 5.74) is 0.442. The van der Waals surface area contributed by atoms with Gasteiger partial charge in [-0.1, -0.05) is 0 Å². The Hall–Kier alpha value is -2.25. The monoisotopic (exact) mass is 550 g/mol. The lowest BCUT2D eigenvalue weighted by molar-refractivity contribution is -0.275. The number of rotatable bonds is 3. The van der Waals surface area contributed by atoms with Crippen molar-refractivity contribution in [3.63, 3.8) is 0 Å². The minimum Gasteiger partial charge on any atom is -0.493 e. The Kier molecular flexibility index (Phi) is 8.44. The van der Waals surface area contributed by atoms with Crippen LogP contribution in [0.25, 0.3) is 0 Å². The van der Waals surface area contributed by atoms with Crippen LogP contribution in [0.3, 0.4) is 0 Å². The number of alkyl halides is 3. The zero-order valence-corrected chi connectivity index (χ0v) is 21.6. The largest absolute Gasteiger partial charge is 0.573 e. The molecule has 0 aromatic heterocycles. The molecule has 0 radical (unpaired) electrons. The Morgan fingerprint density at radius 2 is 1.81 bits per heavy atom.